The summed E-state index contributed by atoms with van der Waals surface area (Å²) < 4.78 is 0. The minimum Gasteiger partial charge on any atom is -0.367 e. The number of carbonyl (C=O) groups is 1. The molecule has 0 aromatic carbocycles. The topological polar surface area (TPSA) is 81.8 Å². The number of aromatic amines is 2. The molecule has 2 fully saturated rings. The molecule has 2 N–H and O–H groups in total. The van der Waals surface area contributed by atoms with E-state index in [2.05, 4.69) is 9.97 Å². The summed E-state index contributed by atoms with van der Waals surface area (Å²) in [6.07, 6.45) is 9.43. The van der Waals surface area contributed by atoms with Crippen molar-refractivity contribution in [1.29, 1.82) is 0 Å². The quantitative estimate of drug-likeness (QED) is 0.880. The lowest BCUT2D eigenvalue weighted by Gasteiger charge is -2.40. The van der Waals surface area contributed by atoms with Crippen LogP contribution in [0, 0.1) is 0 Å². The third-order valence-electron chi connectivity index (χ3n) is 6.06. The zero-order valence-corrected chi connectivity index (χ0v) is 14.2. The number of likely N-dealkylation sites (tertiary alicyclic amines) is 1. The maximum atomic E-state index is 12.8. The minimum atomic E-state index is -0.141. The van der Waals surface area contributed by atoms with Crippen LogP contribution in [0.1, 0.15) is 65.5 Å². The second-order valence-electron chi connectivity index (χ2n) is 7.76. The van der Waals surface area contributed by atoms with Crippen molar-refractivity contribution in [3.05, 3.63) is 51.5 Å². The largest absolute Gasteiger partial charge is 0.367 e. The molecule has 130 valence electrons. The lowest BCUT2D eigenvalue weighted by atomic mass is 9.77. The van der Waals surface area contributed by atoms with Crippen LogP contribution in [0.3, 0.4) is 0 Å². The predicted molar refractivity (Wildman–Crippen MR) is 92.8 cm³/mol. The third-order valence-corrected chi connectivity index (χ3v) is 6.06. The minimum absolute atomic E-state index is 0.0397. The molecule has 1 amide bonds. The van der Waals surface area contributed by atoms with Crippen molar-refractivity contribution >= 4 is 5.91 Å². The summed E-state index contributed by atoms with van der Waals surface area (Å²) in [4.78, 5) is 38.1. The van der Waals surface area contributed by atoms with E-state index in [9.17, 15) is 9.59 Å². The molecular formula is C19H22N4O2. The standard InChI is InChI=1S/C19H22N4O2/c24-17-14-4-7-19(15(14)21-16(22-17)12-2-3-12)6-1-9-23(11-19)18(25)13-5-8-20-10-13/h5,8,10,12,20H,1-4,6-7,9,11H2,(H,21,22,24). The number of fused-ring (bicyclic) bond motifs is 2. The van der Waals surface area contributed by atoms with Gasteiger partial charge in [-0.1, -0.05) is 0 Å². The highest BCUT2D eigenvalue weighted by Gasteiger charge is 2.46. The van der Waals surface area contributed by atoms with E-state index in [-0.39, 0.29) is 16.9 Å². The molecule has 2 aromatic rings. The van der Waals surface area contributed by atoms with Gasteiger partial charge in [0.1, 0.15) is 5.82 Å². The van der Waals surface area contributed by atoms with Crippen LogP contribution in [0.15, 0.2) is 23.3 Å². The Kier molecular flexibility index (Phi) is 3.17. The first kappa shape index (κ1) is 14.9. The van der Waals surface area contributed by atoms with Crippen LogP contribution in [-0.4, -0.2) is 38.8 Å². The number of nitrogens with one attached hydrogen (secondary N) is 2. The second kappa shape index (κ2) is 5.31. The van der Waals surface area contributed by atoms with Gasteiger partial charge in [0.2, 0.25) is 0 Å². The molecule has 2 aliphatic carbocycles. The molecule has 2 aromatic heterocycles. The van der Waals surface area contributed by atoms with Gasteiger partial charge in [0, 0.05) is 42.4 Å². The monoisotopic (exact) mass is 338 g/mol. The molecule has 5 rings (SSSR count). The summed E-state index contributed by atoms with van der Waals surface area (Å²) in [6.45, 7) is 1.45. The smallest absolute Gasteiger partial charge is 0.255 e. The average molecular weight is 338 g/mol. The van der Waals surface area contributed by atoms with Crippen molar-refractivity contribution in [2.45, 2.75) is 49.9 Å². The van der Waals surface area contributed by atoms with E-state index in [0.717, 1.165) is 62.2 Å². The summed E-state index contributed by atoms with van der Waals surface area (Å²) >= 11 is 0. The zero-order chi connectivity index (χ0) is 17.0. The van der Waals surface area contributed by atoms with Crippen LogP contribution in [-0.2, 0) is 11.8 Å². The van der Waals surface area contributed by atoms with E-state index in [0.29, 0.717) is 18.0 Å². The number of rotatable bonds is 2. The van der Waals surface area contributed by atoms with Crippen molar-refractivity contribution in [2.75, 3.05) is 13.1 Å². The van der Waals surface area contributed by atoms with E-state index < -0.39 is 0 Å². The second-order valence-corrected chi connectivity index (χ2v) is 7.76. The summed E-state index contributed by atoms with van der Waals surface area (Å²) in [5.41, 5.74) is 2.42. The van der Waals surface area contributed by atoms with Crippen LogP contribution in [0.5, 0.6) is 0 Å². The lowest BCUT2D eigenvalue weighted by Crippen LogP contribution is -2.48. The maximum Gasteiger partial charge on any atom is 0.255 e. The van der Waals surface area contributed by atoms with Gasteiger partial charge in [-0.25, -0.2) is 4.98 Å². The molecule has 1 unspecified atom stereocenters. The Morgan fingerprint density at radius 3 is 2.96 bits per heavy atom. The van der Waals surface area contributed by atoms with Crippen molar-refractivity contribution in [3.8, 4) is 0 Å². The molecule has 1 aliphatic heterocycles. The number of piperidine rings is 1. The highest BCUT2D eigenvalue weighted by molar-refractivity contribution is 5.94. The van der Waals surface area contributed by atoms with E-state index in [1.165, 1.54) is 0 Å². The van der Waals surface area contributed by atoms with Gasteiger partial charge in [-0.3, -0.25) is 9.59 Å². The normalized spacial score (nSPS) is 25.4. The number of H-pyrrole nitrogens is 2. The molecule has 6 nitrogen and oxygen atoms in total. The van der Waals surface area contributed by atoms with E-state index >= 15 is 0 Å². The number of hydrogen-bond donors (Lipinski definition) is 2. The molecule has 0 bridgehead atoms. The number of aromatic nitrogens is 3. The Labute approximate surface area is 145 Å². The van der Waals surface area contributed by atoms with Crippen LogP contribution in [0.2, 0.25) is 0 Å². The maximum absolute atomic E-state index is 12.8. The van der Waals surface area contributed by atoms with Gasteiger partial charge < -0.3 is 14.9 Å². The Bertz CT molecular complexity index is 881. The number of hydrogen-bond acceptors (Lipinski definition) is 3. The first-order chi connectivity index (χ1) is 12.2. The molecule has 1 spiro atoms. The van der Waals surface area contributed by atoms with Crippen molar-refractivity contribution in [2.24, 2.45) is 0 Å². The Balaban J connectivity index is 1.51. The van der Waals surface area contributed by atoms with Crippen molar-refractivity contribution < 1.29 is 4.79 Å². The fourth-order valence-electron chi connectivity index (χ4n) is 4.56. The summed E-state index contributed by atoms with van der Waals surface area (Å²) in [5, 5.41) is 0. The molecule has 1 atom stereocenters. The molecule has 3 aliphatic rings. The van der Waals surface area contributed by atoms with Gasteiger partial charge in [0.15, 0.2) is 0 Å². The highest BCUT2D eigenvalue weighted by atomic mass is 16.2. The molecular weight excluding hydrogens is 316 g/mol. The van der Waals surface area contributed by atoms with Gasteiger partial charge in [0.05, 0.1) is 11.3 Å². The summed E-state index contributed by atoms with van der Waals surface area (Å²) in [6, 6.07) is 1.82. The fourth-order valence-corrected chi connectivity index (χ4v) is 4.56. The number of carbonyl (C=O) groups excluding carboxylic acids is 1. The predicted octanol–water partition coefficient (Wildman–Crippen LogP) is 2.10. The van der Waals surface area contributed by atoms with Crippen LogP contribution in [0.4, 0.5) is 0 Å². The number of nitrogens with zero attached hydrogens (tertiary/aromatic N) is 2. The summed E-state index contributed by atoms with van der Waals surface area (Å²) in [7, 11) is 0. The molecule has 3 heterocycles. The van der Waals surface area contributed by atoms with Gasteiger partial charge in [0.25, 0.3) is 11.5 Å². The SMILES string of the molecule is O=C(c1cc[nH]c1)N1CCCC2(CCc3c2nc(C2CC2)[nH]c3=O)C1. The average Bonchev–Trinajstić information content (AvgIpc) is 3.22. The molecule has 25 heavy (non-hydrogen) atoms. The Morgan fingerprint density at radius 2 is 2.20 bits per heavy atom. The molecule has 0 radical (unpaired) electrons. The van der Waals surface area contributed by atoms with Crippen LogP contribution < -0.4 is 5.56 Å². The Hall–Kier alpha value is -2.37. The Morgan fingerprint density at radius 1 is 1.32 bits per heavy atom. The van der Waals surface area contributed by atoms with Gasteiger partial charge in [-0.15, -0.1) is 0 Å². The molecule has 1 saturated carbocycles. The lowest BCUT2D eigenvalue weighted by molar-refractivity contribution is 0.0633. The number of amides is 1. The van der Waals surface area contributed by atoms with Crippen molar-refractivity contribution in [1.82, 2.24) is 19.9 Å². The van der Waals surface area contributed by atoms with Crippen LogP contribution >= 0.6 is 0 Å². The van der Waals surface area contributed by atoms with Crippen LogP contribution in [0.25, 0.3) is 0 Å². The molecule has 1 saturated heterocycles. The first-order valence-corrected chi connectivity index (χ1v) is 9.22. The van der Waals surface area contributed by atoms with Crippen molar-refractivity contribution in [3.63, 3.8) is 0 Å². The van der Waals surface area contributed by atoms with Gasteiger partial charge >= 0.3 is 0 Å². The van der Waals surface area contributed by atoms with E-state index in [1.54, 1.807) is 12.4 Å². The third kappa shape index (κ3) is 2.34. The fraction of sp³-hybridized carbons (Fsp3) is 0.526. The van der Waals surface area contributed by atoms with Gasteiger partial charge in [-0.05, 0) is 44.6 Å². The molecule has 6 heteroatoms. The first-order valence-electron chi connectivity index (χ1n) is 9.22. The zero-order valence-electron chi connectivity index (χ0n) is 14.2. The van der Waals surface area contributed by atoms with E-state index in [1.807, 2.05) is 11.0 Å². The van der Waals surface area contributed by atoms with Gasteiger partial charge in [-0.2, -0.15) is 0 Å². The van der Waals surface area contributed by atoms with E-state index in [4.69, 9.17) is 4.98 Å². The summed E-state index contributed by atoms with van der Waals surface area (Å²) in [5.74, 6) is 1.36. The highest BCUT2D eigenvalue weighted by Crippen LogP contribution is 2.45.